The van der Waals surface area contributed by atoms with E-state index in [0.29, 0.717) is 73.2 Å². The minimum absolute atomic E-state index is 0.0607. The number of fused-ring (bicyclic) bond motifs is 1. The van der Waals surface area contributed by atoms with Crippen molar-refractivity contribution >= 4 is 34.2 Å². The van der Waals surface area contributed by atoms with Crippen molar-refractivity contribution < 1.29 is 28.6 Å². The molecule has 10 nitrogen and oxygen atoms in total. The van der Waals surface area contributed by atoms with Crippen molar-refractivity contribution in [3.05, 3.63) is 82.4 Å². The van der Waals surface area contributed by atoms with E-state index in [1.807, 2.05) is 0 Å². The minimum atomic E-state index is -0.741. The lowest BCUT2D eigenvalue weighted by Crippen LogP contribution is -2.34. The van der Waals surface area contributed by atoms with Crippen molar-refractivity contribution in [1.82, 2.24) is 5.32 Å². The molecule has 212 valence electrons. The fourth-order valence-corrected chi connectivity index (χ4v) is 4.44. The number of benzene rings is 2. The molecule has 2 unspecified atom stereocenters. The molecule has 2 aromatic carbocycles. The largest absolute Gasteiger partial charge is 0.464 e. The van der Waals surface area contributed by atoms with Gasteiger partial charge in [-0.15, -0.1) is 0 Å². The number of hydrogen-bond acceptors (Lipinski definition) is 8. The number of aliphatic hydroxyl groups is 1. The van der Waals surface area contributed by atoms with Crippen molar-refractivity contribution in [2.45, 2.75) is 50.7 Å². The number of nitrogen functional groups attached to an aromatic ring is 1. The summed E-state index contributed by atoms with van der Waals surface area (Å²) in [4.78, 5) is 38.4. The van der Waals surface area contributed by atoms with Gasteiger partial charge in [-0.3, -0.25) is 14.4 Å². The van der Waals surface area contributed by atoms with Crippen LogP contribution in [0.15, 0.2) is 75.8 Å². The van der Waals surface area contributed by atoms with Gasteiger partial charge >= 0.3 is 0 Å². The summed E-state index contributed by atoms with van der Waals surface area (Å²) in [5.41, 5.74) is 7.67. The van der Waals surface area contributed by atoms with Gasteiger partial charge < -0.3 is 35.4 Å². The fourth-order valence-electron chi connectivity index (χ4n) is 4.44. The summed E-state index contributed by atoms with van der Waals surface area (Å²) in [5.74, 6) is -0.971. The smallest absolute Gasteiger partial charge is 0.286 e. The zero-order chi connectivity index (χ0) is 28.3. The Morgan fingerprint density at radius 2 is 1.85 bits per heavy atom. The maximum Gasteiger partial charge on any atom is 0.286 e. The molecular weight excluding hydrogens is 514 g/mol. The average molecular weight is 550 g/mol. The number of unbranched alkanes of at least 4 members (excludes halogenated alkanes) is 2. The van der Waals surface area contributed by atoms with Gasteiger partial charge in [0.1, 0.15) is 5.58 Å². The number of aliphatic hydroxyl groups excluding tert-OH is 1. The van der Waals surface area contributed by atoms with E-state index in [1.165, 1.54) is 6.26 Å². The average Bonchev–Trinajstić information content (AvgIpc) is 2.96. The molecule has 1 aliphatic heterocycles. The molecule has 0 bridgehead atoms. The van der Waals surface area contributed by atoms with Gasteiger partial charge in [0.05, 0.1) is 29.6 Å². The molecule has 2 amide bonds. The van der Waals surface area contributed by atoms with Crippen molar-refractivity contribution in [2.24, 2.45) is 0 Å². The lowest BCUT2D eigenvalue weighted by molar-refractivity contribution is -0.146. The lowest BCUT2D eigenvalue weighted by Gasteiger charge is -2.29. The molecule has 0 radical (unpaired) electrons. The van der Waals surface area contributed by atoms with Crippen molar-refractivity contribution in [2.75, 3.05) is 30.8 Å². The first-order chi connectivity index (χ1) is 19.5. The van der Waals surface area contributed by atoms with Gasteiger partial charge in [-0.2, -0.15) is 0 Å². The number of ether oxygens (including phenoxy) is 2. The summed E-state index contributed by atoms with van der Waals surface area (Å²) in [6.45, 7) is 0.742. The molecule has 1 aromatic heterocycles. The summed E-state index contributed by atoms with van der Waals surface area (Å²) >= 11 is 0. The second kappa shape index (κ2) is 14.3. The molecule has 1 aliphatic rings. The SMILES string of the molecule is Nc1ccccc1NC(=O)CCCCNC(=O)C1=CC(c2coc3ccccc3c2=O)CC(OCCCCO)O1. The molecule has 4 rings (SSSR count). The number of carbonyl (C=O) groups is 2. The normalized spacial score (nSPS) is 16.7. The maximum atomic E-state index is 13.2. The molecule has 0 aliphatic carbocycles. The van der Waals surface area contributed by atoms with E-state index < -0.39 is 18.1 Å². The van der Waals surface area contributed by atoms with Gasteiger partial charge in [0.25, 0.3) is 5.91 Å². The molecule has 2 atom stereocenters. The van der Waals surface area contributed by atoms with Crippen LogP contribution < -0.4 is 21.8 Å². The van der Waals surface area contributed by atoms with E-state index in [2.05, 4.69) is 10.6 Å². The topological polar surface area (TPSA) is 153 Å². The second-order valence-electron chi connectivity index (χ2n) is 9.59. The van der Waals surface area contributed by atoms with Crippen molar-refractivity contribution in [1.29, 1.82) is 0 Å². The van der Waals surface area contributed by atoms with Crippen LogP contribution >= 0.6 is 0 Å². The van der Waals surface area contributed by atoms with Crippen LogP contribution in [0.5, 0.6) is 0 Å². The van der Waals surface area contributed by atoms with Crippen LogP contribution in [0.25, 0.3) is 11.0 Å². The first-order valence-corrected chi connectivity index (χ1v) is 13.5. The summed E-state index contributed by atoms with van der Waals surface area (Å²) in [7, 11) is 0. The Morgan fingerprint density at radius 1 is 1.05 bits per heavy atom. The summed E-state index contributed by atoms with van der Waals surface area (Å²) in [5, 5.41) is 15.1. The van der Waals surface area contributed by atoms with E-state index in [-0.39, 0.29) is 30.1 Å². The Kier molecular flexibility index (Phi) is 10.3. The van der Waals surface area contributed by atoms with E-state index in [1.54, 1.807) is 54.6 Å². The maximum absolute atomic E-state index is 13.2. The Bertz CT molecular complexity index is 1400. The number of amides is 2. The second-order valence-corrected chi connectivity index (χ2v) is 9.59. The summed E-state index contributed by atoms with van der Waals surface area (Å²) in [6, 6.07) is 14.1. The summed E-state index contributed by atoms with van der Waals surface area (Å²) in [6.07, 6.45) is 5.30. The highest BCUT2D eigenvalue weighted by Gasteiger charge is 2.30. The number of allylic oxidation sites excluding steroid dienone is 1. The molecule has 3 aromatic rings. The van der Waals surface area contributed by atoms with Gasteiger partial charge in [0.15, 0.2) is 11.2 Å². The molecule has 0 saturated heterocycles. The highest BCUT2D eigenvalue weighted by atomic mass is 16.7. The van der Waals surface area contributed by atoms with Crippen molar-refractivity contribution in [3.63, 3.8) is 0 Å². The molecule has 0 fully saturated rings. The molecule has 40 heavy (non-hydrogen) atoms. The first-order valence-electron chi connectivity index (χ1n) is 13.5. The van der Waals surface area contributed by atoms with Crippen LogP contribution in [0.3, 0.4) is 0 Å². The summed E-state index contributed by atoms with van der Waals surface area (Å²) < 4.78 is 17.4. The zero-order valence-corrected chi connectivity index (χ0v) is 22.3. The van der Waals surface area contributed by atoms with E-state index in [9.17, 15) is 14.4 Å². The Hall–Kier alpha value is -4.15. The van der Waals surface area contributed by atoms with E-state index in [0.717, 1.165) is 0 Å². The zero-order valence-electron chi connectivity index (χ0n) is 22.3. The number of hydrogen-bond donors (Lipinski definition) is 4. The third-order valence-corrected chi connectivity index (χ3v) is 6.59. The lowest BCUT2D eigenvalue weighted by atomic mass is 9.93. The molecule has 10 heteroatoms. The van der Waals surface area contributed by atoms with Gasteiger partial charge in [-0.05, 0) is 56.0 Å². The van der Waals surface area contributed by atoms with E-state index >= 15 is 0 Å². The Morgan fingerprint density at radius 3 is 2.67 bits per heavy atom. The van der Waals surface area contributed by atoms with Crippen LogP contribution in [0.1, 0.15) is 50.0 Å². The number of para-hydroxylation sites is 3. The fraction of sp³-hybridized carbons (Fsp3) is 0.367. The monoisotopic (exact) mass is 549 g/mol. The first kappa shape index (κ1) is 28.8. The van der Waals surface area contributed by atoms with Crippen molar-refractivity contribution in [3.8, 4) is 0 Å². The minimum Gasteiger partial charge on any atom is -0.464 e. The third-order valence-electron chi connectivity index (χ3n) is 6.59. The number of nitrogens with two attached hydrogens (primary N) is 1. The Labute approximate surface area is 232 Å². The molecule has 0 saturated carbocycles. The van der Waals surface area contributed by atoms with Crippen LogP contribution in [0, 0.1) is 0 Å². The predicted molar refractivity (Wildman–Crippen MR) is 151 cm³/mol. The van der Waals surface area contributed by atoms with Gasteiger partial charge in [0.2, 0.25) is 12.2 Å². The molecule has 5 N–H and O–H groups in total. The number of nitrogens with one attached hydrogen (secondary N) is 2. The quantitative estimate of drug-likeness (QED) is 0.186. The predicted octanol–water partition coefficient (Wildman–Crippen LogP) is 3.80. The van der Waals surface area contributed by atoms with Gasteiger partial charge in [-0.1, -0.05) is 24.3 Å². The van der Waals surface area contributed by atoms with Crippen LogP contribution in [-0.2, 0) is 19.1 Å². The molecule has 2 heterocycles. The standard InChI is InChI=1S/C30H35N3O7/c31-23-10-2-3-11-24(23)33-27(35)13-5-6-14-32-30(37)26-17-20(18-28(40-26)38-16-8-7-15-34)22-19-39-25-12-4-1-9-21(25)29(22)36/h1-4,9-12,17,19-20,28,34H,5-8,13-16,18,31H2,(H,32,37)(H,33,35). The Balaban J connectivity index is 1.35. The van der Waals surface area contributed by atoms with Crippen LogP contribution in [0.2, 0.25) is 0 Å². The highest BCUT2D eigenvalue weighted by molar-refractivity contribution is 5.93. The number of rotatable bonds is 13. The molecular formula is C30H35N3O7. The molecule has 0 spiro atoms. The van der Waals surface area contributed by atoms with Gasteiger partial charge in [-0.25, -0.2) is 0 Å². The van der Waals surface area contributed by atoms with Crippen LogP contribution in [-0.4, -0.2) is 43.0 Å². The van der Waals surface area contributed by atoms with Crippen LogP contribution in [0.4, 0.5) is 11.4 Å². The highest BCUT2D eigenvalue weighted by Crippen LogP contribution is 2.31. The third kappa shape index (κ3) is 7.71. The number of carbonyl (C=O) groups excluding carboxylic acids is 2. The van der Waals surface area contributed by atoms with Gasteiger partial charge in [0, 0.05) is 37.5 Å². The van der Waals surface area contributed by atoms with E-state index in [4.69, 9.17) is 24.7 Å². The number of anilines is 2.